The summed E-state index contributed by atoms with van der Waals surface area (Å²) < 4.78 is 0. The molecule has 256 valence electrons. The highest BCUT2D eigenvalue weighted by Gasteiger charge is 2.18. The monoisotopic (exact) mass is 604 g/mol. The molecule has 0 aromatic carbocycles. The summed E-state index contributed by atoms with van der Waals surface area (Å²) in [4.78, 5) is 13.7. The molecule has 1 saturated heterocycles. The van der Waals surface area contributed by atoms with E-state index in [2.05, 4.69) is 11.8 Å². The van der Waals surface area contributed by atoms with Gasteiger partial charge < -0.3 is 4.90 Å². The Kier molecular flexibility index (Phi) is 32.3. The van der Waals surface area contributed by atoms with E-state index >= 15 is 0 Å². The van der Waals surface area contributed by atoms with Gasteiger partial charge in [0, 0.05) is 19.5 Å². The number of carbonyl (C=O) groups is 1. The second-order valence-corrected chi connectivity index (χ2v) is 14.5. The molecule has 0 unspecified atom stereocenters. The van der Waals surface area contributed by atoms with Crippen LogP contribution in [0.1, 0.15) is 244 Å². The van der Waals surface area contributed by atoms with Crippen LogP contribution in [0.3, 0.4) is 0 Å². The molecule has 1 amide bonds. The number of hydrogen-bond donors (Lipinski definition) is 0. The average Bonchev–Trinajstić information content (AvgIpc) is 3.43. The summed E-state index contributed by atoms with van der Waals surface area (Å²) in [5, 5.41) is 0. The molecule has 1 heterocycles. The molecule has 2 nitrogen and oxygen atoms in total. The normalized spacial score (nSPS) is 13.5. The maximum absolute atomic E-state index is 11.6. The van der Waals surface area contributed by atoms with Crippen molar-refractivity contribution < 1.29 is 4.79 Å². The number of likely N-dealkylation sites (tertiary alicyclic amines) is 1. The van der Waals surface area contributed by atoms with E-state index in [1.807, 2.05) is 0 Å². The van der Waals surface area contributed by atoms with Crippen LogP contribution in [0.15, 0.2) is 0 Å². The first kappa shape index (κ1) is 40.5. The summed E-state index contributed by atoms with van der Waals surface area (Å²) >= 11 is 0. The van der Waals surface area contributed by atoms with Crippen LogP contribution < -0.4 is 0 Å². The lowest BCUT2D eigenvalue weighted by molar-refractivity contribution is -0.127. The number of rotatable bonds is 36. The molecule has 1 aliphatic rings. The van der Waals surface area contributed by atoms with Gasteiger partial charge in [0.05, 0.1) is 0 Å². The number of unbranched alkanes of at least 4 members (excludes halogenated alkanes) is 34. The Bertz CT molecular complexity index is 546. The van der Waals surface area contributed by atoms with Gasteiger partial charge in [-0.2, -0.15) is 0 Å². The van der Waals surface area contributed by atoms with Gasteiger partial charge in [0.15, 0.2) is 0 Å². The average molecular weight is 604 g/mol. The smallest absolute Gasteiger partial charge is 0.222 e. The summed E-state index contributed by atoms with van der Waals surface area (Å²) in [7, 11) is 0. The molecule has 2 heteroatoms. The van der Waals surface area contributed by atoms with Crippen LogP contribution in [-0.2, 0) is 4.79 Å². The van der Waals surface area contributed by atoms with Gasteiger partial charge in [-0.3, -0.25) is 4.79 Å². The third-order valence-corrected chi connectivity index (χ3v) is 10.2. The van der Waals surface area contributed by atoms with Gasteiger partial charge in [0.1, 0.15) is 0 Å². The van der Waals surface area contributed by atoms with Crippen molar-refractivity contribution in [2.75, 3.05) is 13.1 Å². The maximum atomic E-state index is 11.6. The van der Waals surface area contributed by atoms with Crippen LogP contribution in [0.25, 0.3) is 0 Å². The zero-order chi connectivity index (χ0) is 30.7. The minimum Gasteiger partial charge on any atom is -0.343 e. The number of nitrogens with zero attached hydrogens (tertiary/aromatic N) is 1. The lowest BCUT2D eigenvalue weighted by Crippen LogP contribution is -2.25. The number of hydrogen-bond acceptors (Lipinski definition) is 1. The van der Waals surface area contributed by atoms with Gasteiger partial charge in [-0.05, 0) is 12.8 Å². The third kappa shape index (κ3) is 29.9. The fourth-order valence-electron chi connectivity index (χ4n) is 7.15. The molecule has 0 bridgehead atoms. The van der Waals surface area contributed by atoms with Crippen molar-refractivity contribution in [3.63, 3.8) is 0 Å². The van der Waals surface area contributed by atoms with Gasteiger partial charge in [-0.25, -0.2) is 0 Å². The molecule has 43 heavy (non-hydrogen) atoms. The first-order chi connectivity index (χ1) is 21.3. The van der Waals surface area contributed by atoms with Gasteiger partial charge in [0.2, 0.25) is 5.91 Å². The summed E-state index contributed by atoms with van der Waals surface area (Å²) in [6.45, 7) is 4.33. The highest BCUT2D eigenvalue weighted by molar-refractivity contribution is 5.77. The molecular formula is C41H81NO. The quantitative estimate of drug-likeness (QED) is 0.0652. The predicted octanol–water partition coefficient (Wildman–Crippen LogP) is 14.3. The van der Waals surface area contributed by atoms with Crippen molar-refractivity contribution in [1.29, 1.82) is 0 Å². The third-order valence-electron chi connectivity index (χ3n) is 10.2. The molecular weight excluding hydrogens is 522 g/mol. The summed E-state index contributed by atoms with van der Waals surface area (Å²) in [5.74, 6) is 0.390. The zero-order valence-corrected chi connectivity index (χ0v) is 29.9. The standard InChI is InChI=1S/C41H81NO/c1-2-3-4-5-6-7-8-9-10-11-12-13-14-15-16-17-18-19-20-21-22-23-24-25-26-27-28-29-30-31-32-33-34-35-36-39-42-40-37-38-41(42)43/h2-40H2,1H3. The lowest BCUT2D eigenvalue weighted by atomic mass is 10.0. The molecule has 0 aromatic heterocycles. The molecule has 1 fully saturated rings. The molecule has 0 spiro atoms. The summed E-state index contributed by atoms with van der Waals surface area (Å²) in [6.07, 6.45) is 52.8. The van der Waals surface area contributed by atoms with Crippen molar-refractivity contribution in [1.82, 2.24) is 4.90 Å². The molecule has 0 radical (unpaired) electrons. The summed E-state index contributed by atoms with van der Waals surface area (Å²) in [5.41, 5.74) is 0. The SMILES string of the molecule is CCCCCCCCCCCCCCCCCCCCCCCCCCCCCCCCCCCCCN1CCCC1=O. The van der Waals surface area contributed by atoms with E-state index in [1.54, 1.807) is 0 Å². The fraction of sp³-hybridized carbons (Fsp3) is 0.976. The van der Waals surface area contributed by atoms with Gasteiger partial charge in [-0.1, -0.05) is 225 Å². The minimum atomic E-state index is 0.390. The molecule has 0 N–H and O–H groups in total. The van der Waals surface area contributed by atoms with Crippen LogP contribution in [0.5, 0.6) is 0 Å². The molecule has 0 saturated carbocycles. The van der Waals surface area contributed by atoms with Crippen molar-refractivity contribution in [3.8, 4) is 0 Å². The van der Waals surface area contributed by atoms with E-state index < -0.39 is 0 Å². The van der Waals surface area contributed by atoms with Crippen LogP contribution in [-0.4, -0.2) is 23.9 Å². The largest absolute Gasteiger partial charge is 0.343 e. The molecule has 0 aliphatic carbocycles. The second-order valence-electron chi connectivity index (χ2n) is 14.5. The topological polar surface area (TPSA) is 20.3 Å². The molecule has 1 rings (SSSR count). The Hall–Kier alpha value is -0.530. The predicted molar refractivity (Wildman–Crippen MR) is 193 cm³/mol. The summed E-state index contributed by atoms with van der Waals surface area (Å²) in [6, 6.07) is 0. The van der Waals surface area contributed by atoms with Crippen molar-refractivity contribution in [2.45, 2.75) is 244 Å². The first-order valence-electron chi connectivity index (χ1n) is 20.6. The van der Waals surface area contributed by atoms with Crippen LogP contribution in [0, 0.1) is 0 Å². The molecule has 1 aliphatic heterocycles. The highest BCUT2D eigenvalue weighted by Crippen LogP contribution is 2.17. The molecule has 0 aromatic rings. The Morgan fingerprint density at radius 1 is 0.372 bits per heavy atom. The van der Waals surface area contributed by atoms with Crippen molar-refractivity contribution >= 4 is 5.91 Å². The van der Waals surface area contributed by atoms with E-state index in [0.29, 0.717) is 5.91 Å². The van der Waals surface area contributed by atoms with E-state index in [1.165, 1.54) is 225 Å². The van der Waals surface area contributed by atoms with Gasteiger partial charge >= 0.3 is 0 Å². The van der Waals surface area contributed by atoms with E-state index in [-0.39, 0.29) is 0 Å². The first-order valence-corrected chi connectivity index (χ1v) is 20.6. The Balaban J connectivity index is 1.60. The van der Waals surface area contributed by atoms with Crippen LogP contribution in [0.2, 0.25) is 0 Å². The van der Waals surface area contributed by atoms with Crippen LogP contribution >= 0.6 is 0 Å². The number of amides is 1. The lowest BCUT2D eigenvalue weighted by Gasteiger charge is -2.14. The van der Waals surface area contributed by atoms with Crippen LogP contribution in [0.4, 0.5) is 0 Å². The Morgan fingerprint density at radius 3 is 0.814 bits per heavy atom. The Labute approximate surface area is 272 Å². The van der Waals surface area contributed by atoms with E-state index in [9.17, 15) is 4.79 Å². The van der Waals surface area contributed by atoms with Gasteiger partial charge in [-0.15, -0.1) is 0 Å². The van der Waals surface area contributed by atoms with Crippen molar-refractivity contribution in [2.24, 2.45) is 0 Å². The minimum absolute atomic E-state index is 0.390. The molecule has 0 atom stereocenters. The second kappa shape index (κ2) is 34.3. The van der Waals surface area contributed by atoms with Gasteiger partial charge in [0.25, 0.3) is 0 Å². The van der Waals surface area contributed by atoms with Crippen molar-refractivity contribution in [3.05, 3.63) is 0 Å². The fourth-order valence-corrected chi connectivity index (χ4v) is 7.15. The highest BCUT2D eigenvalue weighted by atomic mass is 16.2. The van der Waals surface area contributed by atoms with E-state index in [4.69, 9.17) is 0 Å². The zero-order valence-electron chi connectivity index (χ0n) is 29.9. The number of carbonyl (C=O) groups excluding carboxylic acids is 1. The van der Waals surface area contributed by atoms with E-state index in [0.717, 1.165) is 25.9 Å². The Morgan fingerprint density at radius 2 is 0.605 bits per heavy atom. The maximum Gasteiger partial charge on any atom is 0.222 e.